The van der Waals surface area contributed by atoms with E-state index in [9.17, 15) is 0 Å². The fourth-order valence-corrected chi connectivity index (χ4v) is 2.52. The maximum absolute atomic E-state index is 5.75. The summed E-state index contributed by atoms with van der Waals surface area (Å²) >= 11 is 6.88. The first kappa shape index (κ1) is 14.3. The fraction of sp³-hybridized carbons (Fsp3) is 0.0667. The largest absolute Gasteiger partial charge is 0.497 e. The molecule has 0 amide bonds. The third-order valence-electron chi connectivity index (χ3n) is 2.92. The Labute approximate surface area is 138 Å². The summed E-state index contributed by atoms with van der Waals surface area (Å²) in [5.74, 6) is 1.66. The molecule has 1 heterocycles. The topological polar surface area (TPSA) is 48.2 Å². The summed E-state index contributed by atoms with van der Waals surface area (Å²) in [5, 5.41) is 8.20. The minimum atomic E-state index is 0.443. The highest BCUT2D eigenvalue weighted by atomic mass is 79.9. The summed E-state index contributed by atoms with van der Waals surface area (Å²) in [7, 11) is 1.62. The highest BCUT2D eigenvalue weighted by Gasteiger charge is 2.14. The Hall–Kier alpha value is -1.66. The highest BCUT2D eigenvalue weighted by Crippen LogP contribution is 2.32. The summed E-state index contributed by atoms with van der Waals surface area (Å²) in [4.78, 5) is 0. The second kappa shape index (κ2) is 5.99. The van der Waals surface area contributed by atoms with Crippen molar-refractivity contribution in [2.75, 3.05) is 7.11 Å². The Balaban J connectivity index is 2.00. The maximum Gasteiger partial charge on any atom is 0.249 e. The van der Waals surface area contributed by atoms with Crippen LogP contribution in [0.1, 0.15) is 0 Å². The third-order valence-corrected chi connectivity index (χ3v) is 4.14. The van der Waals surface area contributed by atoms with Crippen molar-refractivity contribution in [1.82, 2.24) is 10.2 Å². The number of hydrogen-bond acceptors (Lipinski definition) is 4. The van der Waals surface area contributed by atoms with Crippen molar-refractivity contribution >= 4 is 31.9 Å². The monoisotopic (exact) mass is 408 g/mol. The molecule has 0 saturated carbocycles. The predicted octanol–water partition coefficient (Wildman–Crippen LogP) is 4.94. The van der Waals surface area contributed by atoms with E-state index in [1.807, 2.05) is 42.5 Å². The number of halogens is 2. The zero-order valence-electron chi connectivity index (χ0n) is 11.0. The van der Waals surface area contributed by atoms with Gasteiger partial charge in [0, 0.05) is 14.5 Å². The van der Waals surface area contributed by atoms with Crippen LogP contribution in [0.25, 0.3) is 22.9 Å². The number of ether oxygens (including phenoxy) is 1. The van der Waals surface area contributed by atoms with Gasteiger partial charge in [-0.1, -0.05) is 15.9 Å². The number of aromatic nitrogens is 2. The molecule has 2 aromatic carbocycles. The van der Waals surface area contributed by atoms with E-state index in [0.29, 0.717) is 11.8 Å². The van der Waals surface area contributed by atoms with Gasteiger partial charge in [0.25, 0.3) is 0 Å². The average molecular weight is 410 g/mol. The van der Waals surface area contributed by atoms with Crippen molar-refractivity contribution < 1.29 is 9.15 Å². The van der Waals surface area contributed by atoms with Crippen molar-refractivity contribution in [3.63, 3.8) is 0 Å². The zero-order chi connectivity index (χ0) is 14.8. The molecule has 0 unspecified atom stereocenters. The van der Waals surface area contributed by atoms with E-state index in [-0.39, 0.29) is 0 Å². The molecule has 6 heteroatoms. The van der Waals surface area contributed by atoms with Crippen molar-refractivity contribution in [3.05, 3.63) is 51.4 Å². The minimum Gasteiger partial charge on any atom is -0.497 e. The van der Waals surface area contributed by atoms with Crippen molar-refractivity contribution in [2.45, 2.75) is 0 Å². The molecule has 4 nitrogen and oxygen atoms in total. The van der Waals surface area contributed by atoms with Crippen molar-refractivity contribution in [2.24, 2.45) is 0 Å². The van der Waals surface area contributed by atoms with Gasteiger partial charge in [-0.3, -0.25) is 0 Å². The molecule has 0 aliphatic carbocycles. The summed E-state index contributed by atoms with van der Waals surface area (Å²) in [6.07, 6.45) is 0. The molecule has 21 heavy (non-hydrogen) atoms. The van der Waals surface area contributed by atoms with Gasteiger partial charge < -0.3 is 9.15 Å². The van der Waals surface area contributed by atoms with E-state index in [1.165, 1.54) is 0 Å². The van der Waals surface area contributed by atoms with Gasteiger partial charge in [-0.2, -0.15) is 0 Å². The van der Waals surface area contributed by atoms with Gasteiger partial charge in [-0.05, 0) is 58.4 Å². The quantitative estimate of drug-likeness (QED) is 0.614. The first-order valence-electron chi connectivity index (χ1n) is 6.11. The van der Waals surface area contributed by atoms with E-state index >= 15 is 0 Å². The number of nitrogens with zero attached hydrogens (tertiary/aromatic N) is 2. The molecule has 3 rings (SSSR count). The van der Waals surface area contributed by atoms with Gasteiger partial charge >= 0.3 is 0 Å². The first-order chi connectivity index (χ1) is 10.2. The molecule has 0 saturated heterocycles. The molecule has 0 radical (unpaired) electrons. The smallest absolute Gasteiger partial charge is 0.249 e. The third kappa shape index (κ3) is 3.01. The molecule has 106 valence electrons. The standard InChI is InChI=1S/C15H10Br2N2O2/c1-20-11-6-7-13(17)12(8-11)15-19-18-14(21-15)9-2-4-10(16)5-3-9/h2-8H,1H3. The van der Waals surface area contributed by atoms with E-state index in [2.05, 4.69) is 42.1 Å². The van der Waals surface area contributed by atoms with Gasteiger partial charge in [0.1, 0.15) is 5.75 Å². The zero-order valence-corrected chi connectivity index (χ0v) is 14.2. The minimum absolute atomic E-state index is 0.443. The average Bonchev–Trinajstić information content (AvgIpc) is 2.98. The molecule has 0 fully saturated rings. The van der Waals surface area contributed by atoms with E-state index in [4.69, 9.17) is 9.15 Å². The van der Waals surface area contributed by atoms with Crippen LogP contribution >= 0.6 is 31.9 Å². The molecule has 1 aromatic heterocycles. The second-order valence-electron chi connectivity index (χ2n) is 4.27. The molecular weight excluding hydrogens is 400 g/mol. The molecule has 0 aliphatic rings. The Morgan fingerprint density at radius 2 is 1.67 bits per heavy atom. The van der Waals surface area contributed by atoms with Crippen LogP contribution in [0.4, 0.5) is 0 Å². The SMILES string of the molecule is COc1ccc(Br)c(-c2nnc(-c3ccc(Br)cc3)o2)c1. The Kier molecular flexibility index (Phi) is 4.07. The van der Waals surface area contributed by atoms with E-state index < -0.39 is 0 Å². The predicted molar refractivity (Wildman–Crippen MR) is 87.1 cm³/mol. The summed E-state index contributed by atoms with van der Waals surface area (Å²) in [5.41, 5.74) is 1.67. The van der Waals surface area contributed by atoms with Crippen molar-refractivity contribution in [1.29, 1.82) is 0 Å². The van der Waals surface area contributed by atoms with Crippen LogP contribution in [0.2, 0.25) is 0 Å². The van der Waals surface area contributed by atoms with Crippen LogP contribution in [0.15, 0.2) is 55.8 Å². The number of benzene rings is 2. The second-order valence-corrected chi connectivity index (χ2v) is 6.04. The summed E-state index contributed by atoms with van der Waals surface area (Å²) in [6.45, 7) is 0. The lowest BCUT2D eigenvalue weighted by Gasteiger charge is -2.03. The van der Waals surface area contributed by atoms with Gasteiger partial charge in [0.2, 0.25) is 11.8 Å². The number of methoxy groups -OCH3 is 1. The van der Waals surface area contributed by atoms with Crippen LogP contribution in [-0.4, -0.2) is 17.3 Å². The molecule has 0 atom stereocenters. The Bertz CT molecular complexity index is 770. The fourth-order valence-electron chi connectivity index (χ4n) is 1.84. The normalized spacial score (nSPS) is 10.6. The molecule has 0 aliphatic heterocycles. The van der Waals surface area contributed by atoms with Crippen LogP contribution in [-0.2, 0) is 0 Å². The van der Waals surface area contributed by atoms with Gasteiger partial charge in [-0.25, -0.2) is 0 Å². The van der Waals surface area contributed by atoms with Gasteiger partial charge in [0.15, 0.2) is 0 Å². The summed E-state index contributed by atoms with van der Waals surface area (Å²) in [6, 6.07) is 13.3. The lowest BCUT2D eigenvalue weighted by Crippen LogP contribution is -1.85. The molecule has 0 spiro atoms. The van der Waals surface area contributed by atoms with Crippen LogP contribution in [0.5, 0.6) is 5.75 Å². The van der Waals surface area contributed by atoms with E-state index in [1.54, 1.807) is 7.11 Å². The van der Waals surface area contributed by atoms with Crippen LogP contribution in [0.3, 0.4) is 0 Å². The first-order valence-corrected chi connectivity index (χ1v) is 7.69. The highest BCUT2D eigenvalue weighted by molar-refractivity contribution is 9.10. The van der Waals surface area contributed by atoms with E-state index in [0.717, 1.165) is 25.8 Å². The summed E-state index contributed by atoms with van der Waals surface area (Å²) < 4.78 is 12.8. The Morgan fingerprint density at radius 1 is 0.952 bits per heavy atom. The number of hydrogen-bond donors (Lipinski definition) is 0. The maximum atomic E-state index is 5.75. The lowest BCUT2D eigenvalue weighted by molar-refractivity contribution is 0.414. The molecule has 0 N–H and O–H groups in total. The van der Waals surface area contributed by atoms with Crippen molar-refractivity contribution in [3.8, 4) is 28.7 Å². The molecule has 0 bridgehead atoms. The molecule has 3 aromatic rings. The van der Waals surface area contributed by atoms with Gasteiger partial charge in [-0.15, -0.1) is 10.2 Å². The van der Waals surface area contributed by atoms with Crippen LogP contribution < -0.4 is 4.74 Å². The van der Waals surface area contributed by atoms with Crippen LogP contribution in [0, 0.1) is 0 Å². The number of rotatable bonds is 3. The van der Waals surface area contributed by atoms with Gasteiger partial charge in [0.05, 0.1) is 12.7 Å². The Morgan fingerprint density at radius 3 is 2.38 bits per heavy atom. The lowest BCUT2D eigenvalue weighted by atomic mass is 10.2. The molecular formula is C15H10Br2N2O2.